The smallest absolute Gasteiger partial charge is 0.230 e. The van der Waals surface area contributed by atoms with Crippen LogP contribution < -0.4 is 14.8 Å². The van der Waals surface area contributed by atoms with Crippen LogP contribution in [-0.4, -0.2) is 43.0 Å². The van der Waals surface area contributed by atoms with E-state index in [0.717, 1.165) is 16.5 Å². The number of aromatic amines is 1. The molecule has 1 fully saturated rings. The monoisotopic (exact) mass is 393 g/mol. The van der Waals surface area contributed by atoms with Gasteiger partial charge in [-0.1, -0.05) is 18.2 Å². The van der Waals surface area contributed by atoms with Gasteiger partial charge in [-0.3, -0.25) is 9.59 Å². The van der Waals surface area contributed by atoms with Gasteiger partial charge in [0.15, 0.2) is 11.5 Å². The lowest BCUT2D eigenvalue weighted by Gasteiger charge is -2.27. The van der Waals surface area contributed by atoms with Crippen molar-refractivity contribution in [3.05, 3.63) is 54.2 Å². The maximum Gasteiger partial charge on any atom is 0.230 e. The number of carbonyl (C=O) groups is 2. The lowest BCUT2D eigenvalue weighted by molar-refractivity contribution is -0.128. The minimum absolute atomic E-state index is 0.0835. The molecule has 1 aromatic heterocycles. The van der Waals surface area contributed by atoms with E-state index in [2.05, 4.69) is 10.3 Å². The van der Waals surface area contributed by atoms with E-state index in [-0.39, 0.29) is 18.2 Å². The molecule has 3 aromatic rings. The van der Waals surface area contributed by atoms with Gasteiger partial charge in [0.25, 0.3) is 0 Å². The second kappa shape index (κ2) is 7.50. The molecule has 0 radical (unpaired) electrons. The number of carbonyl (C=O) groups excluding carboxylic acids is 2. The number of amides is 2. The van der Waals surface area contributed by atoms with Gasteiger partial charge in [0.05, 0.1) is 26.2 Å². The molecule has 0 bridgehead atoms. The Morgan fingerprint density at radius 2 is 2.00 bits per heavy atom. The zero-order valence-corrected chi connectivity index (χ0v) is 16.6. The highest BCUT2D eigenvalue weighted by Crippen LogP contribution is 2.44. The van der Waals surface area contributed by atoms with Crippen LogP contribution in [0.25, 0.3) is 10.9 Å². The second-order valence-electron chi connectivity index (χ2n) is 7.11. The van der Waals surface area contributed by atoms with Crippen LogP contribution in [0.4, 0.5) is 5.69 Å². The van der Waals surface area contributed by atoms with Gasteiger partial charge in [-0.2, -0.15) is 0 Å². The molecule has 7 heteroatoms. The van der Waals surface area contributed by atoms with E-state index in [4.69, 9.17) is 9.47 Å². The number of nitrogens with one attached hydrogen (secondary N) is 2. The lowest BCUT2D eigenvalue weighted by Crippen LogP contribution is -2.30. The van der Waals surface area contributed by atoms with Gasteiger partial charge in [-0.25, -0.2) is 0 Å². The maximum atomic E-state index is 13.1. The number of anilines is 1. The first kappa shape index (κ1) is 18.9. The quantitative estimate of drug-likeness (QED) is 0.696. The Labute approximate surface area is 168 Å². The molecule has 1 aliphatic heterocycles. The average molecular weight is 393 g/mol. The number of ether oxygens (including phenoxy) is 2. The molecule has 0 spiro atoms. The predicted molar refractivity (Wildman–Crippen MR) is 110 cm³/mol. The third kappa shape index (κ3) is 3.29. The van der Waals surface area contributed by atoms with E-state index < -0.39 is 12.0 Å². The number of hydrogen-bond acceptors (Lipinski definition) is 4. The summed E-state index contributed by atoms with van der Waals surface area (Å²) >= 11 is 0. The van der Waals surface area contributed by atoms with E-state index >= 15 is 0 Å². The van der Waals surface area contributed by atoms with Crippen LogP contribution in [0.2, 0.25) is 0 Å². The number of likely N-dealkylation sites (tertiary alicyclic amines) is 1. The summed E-state index contributed by atoms with van der Waals surface area (Å²) in [6.45, 7) is 0. The zero-order chi connectivity index (χ0) is 20.5. The van der Waals surface area contributed by atoms with Crippen LogP contribution in [0.5, 0.6) is 11.5 Å². The normalized spacial score (nSPS) is 18.9. The van der Waals surface area contributed by atoms with Crippen LogP contribution in [0.3, 0.4) is 0 Å². The first-order chi connectivity index (χ1) is 14.0. The third-order valence-electron chi connectivity index (χ3n) is 5.50. The Morgan fingerprint density at radius 3 is 2.76 bits per heavy atom. The van der Waals surface area contributed by atoms with Crippen molar-refractivity contribution < 1.29 is 19.1 Å². The summed E-state index contributed by atoms with van der Waals surface area (Å²) in [6.07, 6.45) is 1.99. The van der Waals surface area contributed by atoms with Gasteiger partial charge < -0.3 is 24.7 Å². The largest absolute Gasteiger partial charge is 0.493 e. The molecule has 0 saturated carbocycles. The fourth-order valence-electron chi connectivity index (χ4n) is 4.04. The molecule has 1 saturated heterocycles. The standard InChI is InChI=1S/C22H23N3O4/c1-25-19(26)12-16(20(25)15-5-4-6-18(28-2)21(15)29-3)22(27)24-14-8-7-13-9-10-23-17(13)11-14/h4-11,16,20,23H,12H2,1-3H3,(H,24,27)/t16-,20-/m0/s1. The second-order valence-corrected chi connectivity index (χ2v) is 7.11. The Kier molecular flexibility index (Phi) is 4.88. The number of benzene rings is 2. The summed E-state index contributed by atoms with van der Waals surface area (Å²) in [6, 6.07) is 12.7. The number of rotatable bonds is 5. The van der Waals surface area contributed by atoms with Crippen LogP contribution in [-0.2, 0) is 9.59 Å². The summed E-state index contributed by atoms with van der Waals surface area (Å²) in [5.41, 5.74) is 2.37. The number of hydrogen-bond donors (Lipinski definition) is 2. The van der Waals surface area contributed by atoms with Gasteiger partial charge in [-0.05, 0) is 29.7 Å². The van der Waals surface area contributed by atoms with E-state index in [1.807, 2.05) is 42.6 Å². The highest BCUT2D eigenvalue weighted by atomic mass is 16.5. The molecule has 2 heterocycles. The van der Waals surface area contributed by atoms with E-state index in [1.54, 1.807) is 32.2 Å². The first-order valence-electron chi connectivity index (χ1n) is 9.38. The Hall–Kier alpha value is -3.48. The van der Waals surface area contributed by atoms with Crippen LogP contribution in [0, 0.1) is 5.92 Å². The van der Waals surface area contributed by atoms with Crippen molar-refractivity contribution in [1.29, 1.82) is 0 Å². The molecule has 2 N–H and O–H groups in total. The van der Waals surface area contributed by atoms with Gasteiger partial charge in [0.1, 0.15) is 0 Å². The van der Waals surface area contributed by atoms with E-state index in [0.29, 0.717) is 17.2 Å². The van der Waals surface area contributed by atoms with Gasteiger partial charge in [0, 0.05) is 36.4 Å². The molecule has 2 aromatic carbocycles. The molecular formula is C22H23N3O4. The number of H-pyrrole nitrogens is 1. The molecule has 1 aliphatic rings. The van der Waals surface area contributed by atoms with Crippen molar-refractivity contribution in [1.82, 2.24) is 9.88 Å². The van der Waals surface area contributed by atoms with E-state index in [1.165, 1.54) is 0 Å². The fraction of sp³-hybridized carbons (Fsp3) is 0.273. The number of aromatic nitrogens is 1. The highest BCUT2D eigenvalue weighted by Gasteiger charge is 2.44. The summed E-state index contributed by atoms with van der Waals surface area (Å²) in [4.78, 5) is 30.4. The summed E-state index contributed by atoms with van der Waals surface area (Å²) in [5, 5.41) is 4.03. The molecule has 2 atom stereocenters. The van der Waals surface area contributed by atoms with Crippen molar-refractivity contribution in [2.75, 3.05) is 26.6 Å². The van der Waals surface area contributed by atoms with E-state index in [9.17, 15) is 9.59 Å². The van der Waals surface area contributed by atoms with Crippen molar-refractivity contribution in [3.63, 3.8) is 0 Å². The van der Waals surface area contributed by atoms with Crippen LogP contribution >= 0.6 is 0 Å². The third-order valence-corrected chi connectivity index (χ3v) is 5.50. The Balaban J connectivity index is 1.66. The minimum atomic E-state index is -0.548. The topological polar surface area (TPSA) is 83.7 Å². The van der Waals surface area contributed by atoms with Crippen molar-refractivity contribution in [2.24, 2.45) is 5.92 Å². The SMILES string of the molecule is COc1cccc([C@H]2[C@@H](C(=O)Nc3ccc4cc[nH]c4c3)CC(=O)N2C)c1OC. The average Bonchev–Trinajstić information content (AvgIpc) is 3.31. The number of nitrogens with zero attached hydrogens (tertiary/aromatic N) is 1. The first-order valence-corrected chi connectivity index (χ1v) is 9.38. The molecule has 0 aliphatic carbocycles. The predicted octanol–water partition coefficient (Wildman–Crippen LogP) is 3.34. The van der Waals surface area contributed by atoms with Crippen LogP contribution in [0.1, 0.15) is 18.0 Å². The number of para-hydroxylation sites is 1. The highest BCUT2D eigenvalue weighted by molar-refractivity contribution is 5.99. The van der Waals surface area contributed by atoms with Crippen molar-refractivity contribution >= 4 is 28.4 Å². The Morgan fingerprint density at radius 1 is 1.17 bits per heavy atom. The molecule has 150 valence electrons. The fourth-order valence-corrected chi connectivity index (χ4v) is 4.04. The number of methoxy groups -OCH3 is 2. The molecule has 4 rings (SSSR count). The summed E-state index contributed by atoms with van der Waals surface area (Å²) in [5.74, 6) is 0.262. The van der Waals surface area contributed by atoms with Gasteiger partial charge in [0.2, 0.25) is 11.8 Å². The summed E-state index contributed by atoms with van der Waals surface area (Å²) < 4.78 is 10.9. The Bertz CT molecular complexity index is 1070. The minimum Gasteiger partial charge on any atom is -0.493 e. The van der Waals surface area contributed by atoms with Gasteiger partial charge in [-0.15, -0.1) is 0 Å². The molecule has 2 amide bonds. The molecular weight excluding hydrogens is 370 g/mol. The lowest BCUT2D eigenvalue weighted by atomic mass is 9.92. The molecule has 29 heavy (non-hydrogen) atoms. The summed E-state index contributed by atoms with van der Waals surface area (Å²) in [7, 11) is 4.83. The zero-order valence-electron chi connectivity index (χ0n) is 16.6. The van der Waals surface area contributed by atoms with Crippen LogP contribution in [0.15, 0.2) is 48.7 Å². The van der Waals surface area contributed by atoms with Gasteiger partial charge >= 0.3 is 0 Å². The number of fused-ring (bicyclic) bond motifs is 1. The van der Waals surface area contributed by atoms with Crippen molar-refractivity contribution in [3.8, 4) is 11.5 Å². The van der Waals surface area contributed by atoms with Crippen molar-refractivity contribution in [2.45, 2.75) is 12.5 Å². The maximum absolute atomic E-state index is 13.1. The molecule has 7 nitrogen and oxygen atoms in total. The molecule has 0 unspecified atom stereocenters.